The molecule has 158 valence electrons. The molecule has 1 fully saturated rings. The van der Waals surface area contributed by atoms with E-state index in [1.807, 2.05) is 32.9 Å². The van der Waals surface area contributed by atoms with E-state index in [2.05, 4.69) is 20.5 Å². The number of likely N-dealkylation sites (tertiary alicyclic amines) is 1. The van der Waals surface area contributed by atoms with Crippen LogP contribution in [0.3, 0.4) is 0 Å². The van der Waals surface area contributed by atoms with Gasteiger partial charge in [-0.25, -0.2) is 0 Å². The Hall–Kier alpha value is -2.80. The van der Waals surface area contributed by atoms with Crippen molar-refractivity contribution in [2.24, 2.45) is 5.41 Å². The van der Waals surface area contributed by atoms with Gasteiger partial charge in [0.25, 0.3) is 5.91 Å². The predicted molar refractivity (Wildman–Crippen MR) is 116 cm³/mol. The molecule has 0 spiro atoms. The number of rotatable bonds is 4. The molecule has 0 bridgehead atoms. The Balaban J connectivity index is 1.47. The quantitative estimate of drug-likeness (QED) is 0.592. The predicted octanol–water partition coefficient (Wildman–Crippen LogP) is 3.72. The molecule has 0 aliphatic carbocycles. The number of hydrogen-bond donors (Lipinski definition) is 3. The van der Waals surface area contributed by atoms with E-state index in [0.29, 0.717) is 30.4 Å². The summed E-state index contributed by atoms with van der Waals surface area (Å²) in [6.45, 7) is 7.22. The van der Waals surface area contributed by atoms with Gasteiger partial charge in [-0.1, -0.05) is 17.7 Å². The number of nitrogens with zero attached hydrogens (tertiary/aromatic N) is 2. The SMILES string of the molecule is Cc1n[nH]c(C)c1CNC(=O)[C@]1(C)CCCN(C(=O)c2cc3c(Cl)cccc3[nH]2)C1. The molecule has 3 heterocycles. The molecule has 8 heteroatoms. The van der Waals surface area contributed by atoms with Crippen LogP contribution in [-0.2, 0) is 11.3 Å². The lowest BCUT2D eigenvalue weighted by atomic mass is 9.80. The first-order valence-corrected chi connectivity index (χ1v) is 10.5. The molecule has 4 rings (SSSR count). The molecule has 30 heavy (non-hydrogen) atoms. The van der Waals surface area contributed by atoms with Crippen molar-refractivity contribution in [2.75, 3.05) is 13.1 Å². The first-order valence-electron chi connectivity index (χ1n) is 10.1. The fraction of sp³-hybridized carbons (Fsp3) is 0.409. The van der Waals surface area contributed by atoms with Gasteiger partial charge in [-0.2, -0.15) is 5.10 Å². The van der Waals surface area contributed by atoms with Crippen molar-refractivity contribution in [3.05, 3.63) is 51.9 Å². The molecule has 1 aliphatic rings. The highest BCUT2D eigenvalue weighted by Gasteiger charge is 2.39. The lowest BCUT2D eigenvalue weighted by molar-refractivity contribution is -0.132. The fourth-order valence-electron chi connectivity index (χ4n) is 4.22. The van der Waals surface area contributed by atoms with E-state index in [0.717, 1.165) is 40.7 Å². The molecule has 1 saturated heterocycles. The Morgan fingerprint density at radius 3 is 2.83 bits per heavy atom. The summed E-state index contributed by atoms with van der Waals surface area (Å²) in [5, 5.41) is 11.6. The zero-order valence-electron chi connectivity index (χ0n) is 17.4. The minimum Gasteiger partial charge on any atom is -0.351 e. The van der Waals surface area contributed by atoms with Gasteiger partial charge in [0.1, 0.15) is 5.69 Å². The minimum atomic E-state index is -0.636. The number of nitrogens with one attached hydrogen (secondary N) is 3. The van der Waals surface area contributed by atoms with Gasteiger partial charge in [-0.15, -0.1) is 0 Å². The van der Waals surface area contributed by atoms with Gasteiger partial charge in [0.2, 0.25) is 5.91 Å². The maximum absolute atomic E-state index is 13.1. The number of aryl methyl sites for hydroxylation is 2. The Labute approximate surface area is 180 Å². The number of H-pyrrole nitrogens is 2. The van der Waals surface area contributed by atoms with Gasteiger partial charge < -0.3 is 15.2 Å². The Bertz CT molecular complexity index is 1100. The molecule has 1 aromatic carbocycles. The second-order valence-electron chi connectivity index (χ2n) is 8.37. The lowest BCUT2D eigenvalue weighted by Crippen LogP contribution is -2.51. The number of benzene rings is 1. The molecule has 0 saturated carbocycles. The number of aromatic nitrogens is 3. The van der Waals surface area contributed by atoms with Crippen molar-refractivity contribution < 1.29 is 9.59 Å². The monoisotopic (exact) mass is 427 g/mol. The molecule has 2 amide bonds. The number of amides is 2. The van der Waals surface area contributed by atoms with Gasteiger partial charge in [0.05, 0.1) is 11.1 Å². The van der Waals surface area contributed by atoms with E-state index in [1.54, 1.807) is 17.0 Å². The maximum Gasteiger partial charge on any atom is 0.270 e. The van der Waals surface area contributed by atoms with E-state index in [9.17, 15) is 9.59 Å². The van der Waals surface area contributed by atoms with Crippen LogP contribution in [0.1, 0.15) is 47.2 Å². The van der Waals surface area contributed by atoms with Crippen molar-refractivity contribution in [1.82, 2.24) is 25.4 Å². The largest absolute Gasteiger partial charge is 0.351 e. The molecule has 7 nitrogen and oxygen atoms in total. The number of carbonyl (C=O) groups excluding carboxylic acids is 2. The van der Waals surface area contributed by atoms with Gasteiger partial charge in [-0.05, 0) is 51.8 Å². The highest BCUT2D eigenvalue weighted by atomic mass is 35.5. The van der Waals surface area contributed by atoms with E-state index in [-0.39, 0.29) is 11.8 Å². The van der Waals surface area contributed by atoms with Crippen LogP contribution in [0.15, 0.2) is 24.3 Å². The third-order valence-electron chi connectivity index (χ3n) is 6.08. The highest BCUT2D eigenvalue weighted by molar-refractivity contribution is 6.35. The topological polar surface area (TPSA) is 93.9 Å². The fourth-order valence-corrected chi connectivity index (χ4v) is 4.45. The van der Waals surface area contributed by atoms with Crippen LogP contribution in [-0.4, -0.2) is 45.0 Å². The number of aromatic amines is 2. The number of hydrogen-bond acceptors (Lipinski definition) is 3. The third-order valence-corrected chi connectivity index (χ3v) is 6.41. The van der Waals surface area contributed by atoms with Gasteiger partial charge in [0, 0.05) is 46.8 Å². The van der Waals surface area contributed by atoms with Gasteiger partial charge in [0.15, 0.2) is 0 Å². The summed E-state index contributed by atoms with van der Waals surface area (Å²) >= 11 is 6.24. The van der Waals surface area contributed by atoms with Crippen LogP contribution in [0.5, 0.6) is 0 Å². The van der Waals surface area contributed by atoms with Crippen molar-refractivity contribution in [2.45, 2.75) is 40.2 Å². The smallest absolute Gasteiger partial charge is 0.270 e. The molecule has 2 aromatic heterocycles. The van der Waals surface area contributed by atoms with Crippen molar-refractivity contribution in [1.29, 1.82) is 0 Å². The summed E-state index contributed by atoms with van der Waals surface area (Å²) in [5.74, 6) is -0.151. The molecule has 3 aromatic rings. The summed E-state index contributed by atoms with van der Waals surface area (Å²) in [5.41, 5.74) is 3.53. The van der Waals surface area contributed by atoms with E-state index >= 15 is 0 Å². The molecule has 1 atom stereocenters. The van der Waals surface area contributed by atoms with Gasteiger partial charge in [-0.3, -0.25) is 14.7 Å². The molecule has 1 aliphatic heterocycles. The molecule has 3 N–H and O–H groups in total. The average Bonchev–Trinajstić information content (AvgIpc) is 3.30. The summed E-state index contributed by atoms with van der Waals surface area (Å²) in [6, 6.07) is 7.33. The van der Waals surface area contributed by atoms with E-state index in [1.165, 1.54) is 0 Å². The number of piperidine rings is 1. The second-order valence-corrected chi connectivity index (χ2v) is 8.78. The van der Waals surface area contributed by atoms with Crippen LogP contribution in [0, 0.1) is 19.3 Å². The Morgan fingerprint density at radius 2 is 2.13 bits per heavy atom. The van der Waals surface area contributed by atoms with Crippen LogP contribution in [0.4, 0.5) is 0 Å². The number of halogens is 1. The van der Waals surface area contributed by atoms with Crippen molar-refractivity contribution in [3.8, 4) is 0 Å². The molecule has 0 unspecified atom stereocenters. The summed E-state index contributed by atoms with van der Waals surface area (Å²) in [7, 11) is 0. The Morgan fingerprint density at radius 1 is 1.33 bits per heavy atom. The standard InChI is InChI=1S/C22H26ClN5O2/c1-13-16(14(2)27-26-13)11-24-21(30)22(3)8-5-9-28(12-22)20(29)19-10-15-17(23)6-4-7-18(15)25-19/h4,6-7,10,25H,5,8-9,11-12H2,1-3H3,(H,24,30)(H,26,27)/t22-/m1/s1. The van der Waals surface area contributed by atoms with Crippen LogP contribution >= 0.6 is 11.6 Å². The first kappa shape index (κ1) is 20.5. The number of fused-ring (bicyclic) bond motifs is 1. The summed E-state index contributed by atoms with van der Waals surface area (Å²) in [4.78, 5) is 31.1. The Kier molecular flexibility index (Phi) is 5.32. The van der Waals surface area contributed by atoms with Crippen LogP contribution < -0.4 is 5.32 Å². The lowest BCUT2D eigenvalue weighted by Gasteiger charge is -2.39. The summed E-state index contributed by atoms with van der Waals surface area (Å²) in [6.07, 6.45) is 1.52. The van der Waals surface area contributed by atoms with Crippen molar-refractivity contribution in [3.63, 3.8) is 0 Å². The maximum atomic E-state index is 13.1. The molecule has 0 radical (unpaired) electrons. The number of carbonyl (C=O) groups is 2. The normalized spacial score (nSPS) is 19.3. The third kappa shape index (κ3) is 3.69. The van der Waals surface area contributed by atoms with Crippen molar-refractivity contribution >= 4 is 34.3 Å². The average molecular weight is 428 g/mol. The van der Waals surface area contributed by atoms with Crippen LogP contribution in [0.25, 0.3) is 10.9 Å². The highest BCUT2D eigenvalue weighted by Crippen LogP contribution is 2.31. The zero-order chi connectivity index (χ0) is 21.5. The van der Waals surface area contributed by atoms with E-state index in [4.69, 9.17) is 11.6 Å². The second kappa shape index (κ2) is 7.80. The zero-order valence-corrected chi connectivity index (χ0v) is 18.2. The minimum absolute atomic E-state index is 0.0420. The molecular weight excluding hydrogens is 402 g/mol. The van der Waals surface area contributed by atoms with E-state index < -0.39 is 5.41 Å². The first-order chi connectivity index (χ1) is 14.3. The summed E-state index contributed by atoms with van der Waals surface area (Å²) < 4.78 is 0. The van der Waals surface area contributed by atoms with Crippen LogP contribution in [0.2, 0.25) is 5.02 Å². The van der Waals surface area contributed by atoms with Gasteiger partial charge >= 0.3 is 0 Å². The molecular formula is C22H26ClN5O2.